The van der Waals surface area contributed by atoms with Gasteiger partial charge in [0.25, 0.3) is 0 Å². The van der Waals surface area contributed by atoms with Gasteiger partial charge in [-0.05, 0) is 18.9 Å². The number of hydrogen-bond donors (Lipinski definition) is 1. The molecule has 1 aliphatic rings. The lowest BCUT2D eigenvalue weighted by molar-refractivity contribution is 0.0455. The van der Waals surface area contributed by atoms with Crippen molar-refractivity contribution in [3.63, 3.8) is 0 Å². The highest BCUT2D eigenvalue weighted by Crippen LogP contribution is 2.22. The van der Waals surface area contributed by atoms with Crippen LogP contribution in [-0.2, 0) is 11.3 Å². The van der Waals surface area contributed by atoms with Crippen LogP contribution in [0, 0.1) is 0 Å². The number of nitrogens with zero attached hydrogens (tertiary/aromatic N) is 1. The molecule has 0 saturated heterocycles. The molecule has 1 heterocycles. The quantitative estimate of drug-likeness (QED) is 0.814. The lowest BCUT2D eigenvalue weighted by atomic mass is 10.2. The monoisotopic (exact) mass is 236 g/mol. The Balaban J connectivity index is 2.00. The van der Waals surface area contributed by atoms with Gasteiger partial charge in [-0.2, -0.15) is 0 Å². The summed E-state index contributed by atoms with van der Waals surface area (Å²) in [4.78, 5) is 4.52. The van der Waals surface area contributed by atoms with Crippen molar-refractivity contribution in [2.75, 3.05) is 0 Å². The van der Waals surface area contributed by atoms with Crippen molar-refractivity contribution < 1.29 is 4.74 Å². The van der Waals surface area contributed by atoms with E-state index in [-0.39, 0.29) is 0 Å². The molecule has 1 fully saturated rings. The Bertz CT molecular complexity index is 375. The zero-order valence-electron chi connectivity index (χ0n) is 9.19. The predicted molar refractivity (Wildman–Crippen MR) is 67.2 cm³/mol. The minimum Gasteiger partial charge on any atom is -0.388 e. The highest BCUT2D eigenvalue weighted by atomic mass is 32.1. The van der Waals surface area contributed by atoms with Crippen LogP contribution in [-0.4, -0.2) is 16.1 Å². The topological polar surface area (TPSA) is 48.1 Å². The molecule has 0 radical (unpaired) electrons. The number of pyridine rings is 1. The SMILES string of the molecule is NC(=S)c1ncccc1COC1CCCC1. The summed E-state index contributed by atoms with van der Waals surface area (Å²) in [6.07, 6.45) is 7.00. The summed E-state index contributed by atoms with van der Waals surface area (Å²) in [7, 11) is 0. The molecule has 2 rings (SSSR count). The van der Waals surface area contributed by atoms with Crippen molar-refractivity contribution in [3.05, 3.63) is 29.6 Å². The van der Waals surface area contributed by atoms with E-state index in [1.54, 1.807) is 6.20 Å². The molecule has 0 aliphatic heterocycles. The minimum atomic E-state index is 0.339. The molecule has 4 heteroatoms. The van der Waals surface area contributed by atoms with Gasteiger partial charge in [0.2, 0.25) is 0 Å². The second kappa shape index (κ2) is 5.37. The van der Waals surface area contributed by atoms with Gasteiger partial charge in [-0.15, -0.1) is 0 Å². The van der Waals surface area contributed by atoms with Crippen LogP contribution in [0.15, 0.2) is 18.3 Å². The fraction of sp³-hybridized carbons (Fsp3) is 0.500. The first-order valence-electron chi connectivity index (χ1n) is 5.62. The van der Waals surface area contributed by atoms with Gasteiger partial charge in [0, 0.05) is 11.8 Å². The fourth-order valence-corrected chi connectivity index (χ4v) is 2.22. The third-order valence-electron chi connectivity index (χ3n) is 2.90. The Morgan fingerprint density at radius 3 is 2.94 bits per heavy atom. The average Bonchev–Trinajstić information content (AvgIpc) is 2.79. The molecule has 1 aromatic rings. The zero-order chi connectivity index (χ0) is 11.4. The largest absolute Gasteiger partial charge is 0.388 e. The molecule has 0 amide bonds. The number of thiocarbonyl (C=S) groups is 1. The van der Waals surface area contributed by atoms with Gasteiger partial charge in [-0.3, -0.25) is 4.98 Å². The van der Waals surface area contributed by atoms with E-state index in [2.05, 4.69) is 4.98 Å². The minimum absolute atomic E-state index is 0.339. The Labute approximate surface area is 101 Å². The van der Waals surface area contributed by atoms with Gasteiger partial charge < -0.3 is 10.5 Å². The standard InChI is InChI=1S/C12H16N2OS/c13-12(16)11-9(4-3-7-14-11)8-15-10-5-1-2-6-10/h3-4,7,10H,1-2,5-6,8H2,(H2,13,16). The third-order valence-corrected chi connectivity index (χ3v) is 3.09. The van der Waals surface area contributed by atoms with Crippen LogP contribution in [0.3, 0.4) is 0 Å². The summed E-state index contributed by atoms with van der Waals surface area (Å²) in [6, 6.07) is 3.85. The van der Waals surface area contributed by atoms with E-state index in [9.17, 15) is 0 Å². The summed E-state index contributed by atoms with van der Waals surface area (Å²) in [5.41, 5.74) is 7.29. The average molecular weight is 236 g/mol. The van der Waals surface area contributed by atoms with Crippen molar-refractivity contribution in [1.82, 2.24) is 4.98 Å². The first kappa shape index (κ1) is 11.5. The maximum absolute atomic E-state index is 5.82. The second-order valence-corrected chi connectivity index (χ2v) is 4.53. The van der Waals surface area contributed by atoms with E-state index in [4.69, 9.17) is 22.7 Å². The molecule has 2 N–H and O–H groups in total. The zero-order valence-corrected chi connectivity index (χ0v) is 10.0. The van der Waals surface area contributed by atoms with E-state index >= 15 is 0 Å². The molecule has 3 nitrogen and oxygen atoms in total. The molecule has 0 unspecified atom stereocenters. The van der Waals surface area contributed by atoms with Crippen molar-refractivity contribution in [2.24, 2.45) is 5.73 Å². The highest BCUT2D eigenvalue weighted by Gasteiger charge is 2.16. The van der Waals surface area contributed by atoms with E-state index in [0.717, 1.165) is 5.56 Å². The van der Waals surface area contributed by atoms with Gasteiger partial charge in [0.05, 0.1) is 12.7 Å². The Kier molecular flexibility index (Phi) is 3.85. The van der Waals surface area contributed by atoms with Crippen molar-refractivity contribution in [3.8, 4) is 0 Å². The van der Waals surface area contributed by atoms with Gasteiger partial charge in [-0.25, -0.2) is 0 Å². The van der Waals surface area contributed by atoms with E-state index in [1.165, 1.54) is 25.7 Å². The normalized spacial score (nSPS) is 16.5. The molecule has 1 saturated carbocycles. The number of hydrogen-bond acceptors (Lipinski definition) is 3. The number of nitrogens with two attached hydrogens (primary N) is 1. The third kappa shape index (κ3) is 2.77. The Morgan fingerprint density at radius 2 is 2.25 bits per heavy atom. The molecular formula is C12H16N2OS. The van der Waals surface area contributed by atoms with Crippen LogP contribution in [0.1, 0.15) is 36.9 Å². The van der Waals surface area contributed by atoms with Crippen LogP contribution in [0.5, 0.6) is 0 Å². The summed E-state index contributed by atoms with van der Waals surface area (Å²) in [5.74, 6) is 0. The first-order valence-corrected chi connectivity index (χ1v) is 6.03. The van der Waals surface area contributed by atoms with E-state index in [1.807, 2.05) is 12.1 Å². The molecular weight excluding hydrogens is 220 g/mol. The van der Waals surface area contributed by atoms with Gasteiger partial charge >= 0.3 is 0 Å². The number of rotatable bonds is 4. The molecule has 86 valence electrons. The van der Waals surface area contributed by atoms with Gasteiger partial charge in [0.1, 0.15) is 10.7 Å². The van der Waals surface area contributed by atoms with Crippen LogP contribution in [0.25, 0.3) is 0 Å². The summed E-state index contributed by atoms with van der Waals surface area (Å²) in [6.45, 7) is 0.561. The summed E-state index contributed by atoms with van der Waals surface area (Å²) in [5, 5.41) is 0. The predicted octanol–water partition coefficient (Wildman–Crippen LogP) is 2.17. The van der Waals surface area contributed by atoms with Crippen molar-refractivity contribution >= 4 is 17.2 Å². The first-order chi connectivity index (χ1) is 7.77. The molecule has 0 atom stereocenters. The van der Waals surface area contributed by atoms with Crippen LogP contribution < -0.4 is 5.73 Å². The van der Waals surface area contributed by atoms with E-state index < -0.39 is 0 Å². The summed E-state index contributed by atoms with van der Waals surface area (Å²) < 4.78 is 5.82. The maximum atomic E-state index is 5.82. The van der Waals surface area contributed by atoms with Crippen LogP contribution >= 0.6 is 12.2 Å². The molecule has 0 spiro atoms. The smallest absolute Gasteiger partial charge is 0.123 e. The fourth-order valence-electron chi connectivity index (χ4n) is 2.04. The number of aromatic nitrogens is 1. The highest BCUT2D eigenvalue weighted by molar-refractivity contribution is 7.80. The van der Waals surface area contributed by atoms with Gasteiger partial charge in [0.15, 0.2) is 0 Å². The van der Waals surface area contributed by atoms with Gasteiger partial charge in [-0.1, -0.05) is 31.1 Å². The van der Waals surface area contributed by atoms with Crippen molar-refractivity contribution in [2.45, 2.75) is 38.4 Å². The summed E-state index contributed by atoms with van der Waals surface area (Å²) >= 11 is 4.96. The van der Waals surface area contributed by atoms with Crippen LogP contribution in [0.2, 0.25) is 0 Å². The van der Waals surface area contributed by atoms with Crippen molar-refractivity contribution in [1.29, 1.82) is 0 Å². The molecule has 0 aromatic carbocycles. The Hall–Kier alpha value is -1.00. The molecule has 16 heavy (non-hydrogen) atoms. The molecule has 1 aromatic heterocycles. The second-order valence-electron chi connectivity index (χ2n) is 4.09. The molecule has 0 bridgehead atoms. The number of ether oxygens (including phenoxy) is 1. The lowest BCUT2D eigenvalue weighted by Crippen LogP contribution is -2.16. The van der Waals surface area contributed by atoms with E-state index in [0.29, 0.717) is 23.4 Å². The molecule has 1 aliphatic carbocycles. The lowest BCUT2D eigenvalue weighted by Gasteiger charge is -2.12. The van der Waals surface area contributed by atoms with Crippen LogP contribution in [0.4, 0.5) is 0 Å². The Morgan fingerprint density at radius 1 is 1.50 bits per heavy atom. The maximum Gasteiger partial charge on any atom is 0.123 e.